The maximum Gasteiger partial charge on any atom is 0.262 e. The predicted octanol–water partition coefficient (Wildman–Crippen LogP) is -0.453. The predicted molar refractivity (Wildman–Crippen MR) is 117 cm³/mol. The molecule has 2 heterocycles. The Kier molecular flexibility index (Phi) is 6.30. The number of aromatic nitrogens is 2. The molecule has 0 aliphatic carbocycles. The quantitative estimate of drug-likeness (QED) is 0.495. The molecule has 3 aromatic rings. The average molecular weight is 410 g/mol. The first kappa shape index (κ1) is 20.4. The number of likely N-dealkylation sites (N-methyl/N-ethyl adjacent to an activating group) is 1. The first-order valence-corrected chi connectivity index (χ1v) is 10.7. The second-order valence-corrected chi connectivity index (χ2v) is 8.15. The maximum absolute atomic E-state index is 12.2. The van der Waals surface area contributed by atoms with Crippen molar-refractivity contribution >= 4 is 22.6 Å². The Bertz CT molecular complexity index is 994. The van der Waals surface area contributed by atoms with Crippen LogP contribution in [0, 0.1) is 0 Å². The topological polar surface area (TPSA) is 65.0 Å². The number of carbonyl (C=O) groups is 1. The molecule has 2 aromatic carbocycles. The zero-order valence-corrected chi connectivity index (χ0v) is 17.8. The lowest BCUT2D eigenvalue weighted by Gasteiger charge is -2.27. The number of fused-ring (bicyclic) bond motifs is 1. The van der Waals surface area contributed by atoms with Gasteiger partial charge in [-0.05, 0) is 30.3 Å². The minimum atomic E-state index is -0.185. The number of anilines is 1. The molecule has 0 bridgehead atoms. The molecule has 1 aromatic heterocycles. The van der Waals surface area contributed by atoms with E-state index in [0.29, 0.717) is 5.75 Å². The Morgan fingerprint density at radius 3 is 2.67 bits per heavy atom. The molecular formula is C23H31N5O2+2. The fourth-order valence-corrected chi connectivity index (χ4v) is 3.98. The van der Waals surface area contributed by atoms with E-state index in [-0.39, 0.29) is 12.5 Å². The molecule has 4 rings (SSSR count). The van der Waals surface area contributed by atoms with Gasteiger partial charge in [0, 0.05) is 12.7 Å². The van der Waals surface area contributed by atoms with E-state index in [4.69, 9.17) is 9.72 Å². The summed E-state index contributed by atoms with van der Waals surface area (Å²) in [6.07, 6.45) is 0.964. The Labute approximate surface area is 177 Å². The van der Waals surface area contributed by atoms with Crippen molar-refractivity contribution < 1.29 is 19.3 Å². The van der Waals surface area contributed by atoms with Gasteiger partial charge in [0.25, 0.3) is 5.91 Å². The molecule has 1 fully saturated rings. The number of ether oxygens (including phenoxy) is 1. The summed E-state index contributed by atoms with van der Waals surface area (Å²) in [4.78, 5) is 20.4. The van der Waals surface area contributed by atoms with E-state index in [9.17, 15) is 4.79 Å². The van der Waals surface area contributed by atoms with Crippen molar-refractivity contribution in [3.8, 4) is 5.75 Å². The van der Waals surface area contributed by atoms with E-state index in [1.54, 1.807) is 9.80 Å². The van der Waals surface area contributed by atoms with Gasteiger partial charge in [0.05, 0.1) is 31.0 Å². The summed E-state index contributed by atoms with van der Waals surface area (Å²) in [7, 11) is 4.34. The van der Waals surface area contributed by atoms with Crippen LogP contribution >= 0.6 is 0 Å². The molecule has 1 aliphatic heterocycles. The molecule has 0 atom stereocenters. The number of carbonyl (C=O) groups excluding carboxylic acids is 1. The summed E-state index contributed by atoms with van der Waals surface area (Å²) in [6, 6.07) is 15.2. The van der Waals surface area contributed by atoms with Crippen LogP contribution in [0.3, 0.4) is 0 Å². The van der Waals surface area contributed by atoms with Gasteiger partial charge in [0.1, 0.15) is 37.8 Å². The number of benzene rings is 2. The minimum absolute atomic E-state index is 0.0228. The smallest absolute Gasteiger partial charge is 0.262 e. The van der Waals surface area contributed by atoms with E-state index in [0.717, 1.165) is 35.5 Å². The van der Waals surface area contributed by atoms with Crippen LogP contribution in [0.2, 0.25) is 0 Å². The number of imidazole rings is 1. The molecule has 30 heavy (non-hydrogen) atoms. The SMILES string of the molecule is Cn1c(CC[NH+]2CC[NH+](C)CC2)nc2cc(NC(=O)COc3ccccc3)ccc21. The highest BCUT2D eigenvalue weighted by Crippen LogP contribution is 2.20. The van der Waals surface area contributed by atoms with Crippen LogP contribution in [0.1, 0.15) is 5.82 Å². The van der Waals surface area contributed by atoms with Crippen molar-refractivity contribution in [2.75, 3.05) is 51.7 Å². The van der Waals surface area contributed by atoms with Gasteiger partial charge >= 0.3 is 0 Å². The number of rotatable bonds is 7. The van der Waals surface area contributed by atoms with Gasteiger partial charge in [-0.2, -0.15) is 0 Å². The Balaban J connectivity index is 1.36. The van der Waals surface area contributed by atoms with Crippen LogP contribution < -0.4 is 19.9 Å². The van der Waals surface area contributed by atoms with Gasteiger partial charge in [-0.1, -0.05) is 18.2 Å². The lowest BCUT2D eigenvalue weighted by Crippen LogP contribution is -3.27. The number of amides is 1. The fraction of sp³-hybridized carbons (Fsp3) is 0.391. The van der Waals surface area contributed by atoms with E-state index in [2.05, 4.69) is 24.0 Å². The minimum Gasteiger partial charge on any atom is -0.484 e. The van der Waals surface area contributed by atoms with E-state index < -0.39 is 0 Å². The second kappa shape index (κ2) is 9.28. The number of hydrogen-bond acceptors (Lipinski definition) is 3. The number of aryl methyl sites for hydroxylation is 1. The molecule has 1 aliphatic rings. The third kappa shape index (κ3) is 4.98. The van der Waals surface area contributed by atoms with Gasteiger partial charge in [-0.3, -0.25) is 4.79 Å². The summed E-state index contributed by atoms with van der Waals surface area (Å²) in [6.45, 7) is 6.05. The molecule has 7 heteroatoms. The summed E-state index contributed by atoms with van der Waals surface area (Å²) in [5.74, 6) is 1.59. The lowest BCUT2D eigenvalue weighted by molar-refractivity contribution is -1.00. The van der Waals surface area contributed by atoms with E-state index >= 15 is 0 Å². The van der Waals surface area contributed by atoms with Crippen LogP contribution in [-0.2, 0) is 18.3 Å². The van der Waals surface area contributed by atoms with Gasteiger partial charge in [-0.25, -0.2) is 4.98 Å². The summed E-state index contributed by atoms with van der Waals surface area (Å²) < 4.78 is 7.68. The summed E-state index contributed by atoms with van der Waals surface area (Å²) in [5.41, 5.74) is 2.73. The molecule has 3 N–H and O–H groups in total. The number of para-hydroxylation sites is 1. The van der Waals surface area contributed by atoms with Gasteiger partial charge < -0.3 is 24.4 Å². The van der Waals surface area contributed by atoms with Crippen molar-refractivity contribution in [3.63, 3.8) is 0 Å². The normalized spacial score (nSPS) is 19.0. The van der Waals surface area contributed by atoms with E-state index in [1.165, 1.54) is 26.2 Å². The van der Waals surface area contributed by atoms with Crippen LogP contribution in [0.25, 0.3) is 11.0 Å². The van der Waals surface area contributed by atoms with Crippen LogP contribution in [-0.4, -0.2) is 61.8 Å². The van der Waals surface area contributed by atoms with Crippen molar-refractivity contribution in [3.05, 3.63) is 54.4 Å². The number of nitrogens with zero attached hydrogens (tertiary/aromatic N) is 2. The van der Waals surface area contributed by atoms with Gasteiger partial charge in [0.2, 0.25) is 0 Å². The summed E-state index contributed by atoms with van der Waals surface area (Å²) >= 11 is 0. The van der Waals surface area contributed by atoms with Crippen LogP contribution in [0.15, 0.2) is 48.5 Å². The Morgan fingerprint density at radius 2 is 1.90 bits per heavy atom. The molecule has 0 unspecified atom stereocenters. The zero-order chi connectivity index (χ0) is 20.9. The van der Waals surface area contributed by atoms with Crippen LogP contribution in [0.4, 0.5) is 5.69 Å². The monoisotopic (exact) mass is 409 g/mol. The number of quaternary nitrogens is 2. The molecule has 158 valence electrons. The third-order valence-electron chi connectivity index (χ3n) is 5.88. The molecule has 0 saturated carbocycles. The standard InChI is InChI=1S/C23H29N5O2/c1-26-12-14-28(15-13-26)11-10-22-25-20-16-18(8-9-21(20)27(22)2)24-23(29)17-30-19-6-4-3-5-7-19/h3-9,16H,10-15,17H2,1-2H3,(H,24,29)/p+2. The largest absolute Gasteiger partial charge is 0.484 e. The highest BCUT2D eigenvalue weighted by atomic mass is 16.5. The number of piperazine rings is 1. The second-order valence-electron chi connectivity index (χ2n) is 8.15. The number of nitrogens with one attached hydrogen (secondary N) is 3. The van der Waals surface area contributed by atoms with Crippen molar-refractivity contribution in [1.29, 1.82) is 0 Å². The fourth-order valence-electron chi connectivity index (χ4n) is 3.98. The molecule has 1 saturated heterocycles. The molecule has 0 radical (unpaired) electrons. The third-order valence-corrected chi connectivity index (χ3v) is 5.88. The van der Waals surface area contributed by atoms with Gasteiger partial charge in [0.15, 0.2) is 6.61 Å². The molecule has 7 nitrogen and oxygen atoms in total. The molecular weight excluding hydrogens is 378 g/mol. The van der Waals surface area contributed by atoms with E-state index in [1.807, 2.05) is 48.5 Å². The highest BCUT2D eigenvalue weighted by molar-refractivity contribution is 5.94. The first-order chi connectivity index (χ1) is 14.6. The molecule has 0 spiro atoms. The summed E-state index contributed by atoms with van der Waals surface area (Å²) in [5, 5.41) is 2.90. The van der Waals surface area contributed by atoms with Crippen LogP contribution in [0.5, 0.6) is 5.75 Å². The Hall–Kier alpha value is -2.90. The first-order valence-electron chi connectivity index (χ1n) is 10.7. The van der Waals surface area contributed by atoms with Crippen molar-refractivity contribution in [2.45, 2.75) is 6.42 Å². The maximum atomic E-state index is 12.2. The highest BCUT2D eigenvalue weighted by Gasteiger charge is 2.20. The number of hydrogen-bond donors (Lipinski definition) is 3. The zero-order valence-electron chi connectivity index (χ0n) is 17.8. The van der Waals surface area contributed by atoms with Gasteiger partial charge in [-0.15, -0.1) is 0 Å². The van der Waals surface area contributed by atoms with Crippen molar-refractivity contribution in [1.82, 2.24) is 9.55 Å². The lowest BCUT2D eigenvalue weighted by atomic mass is 10.2. The average Bonchev–Trinajstić information content (AvgIpc) is 3.07. The molecule has 1 amide bonds. The van der Waals surface area contributed by atoms with Crippen molar-refractivity contribution in [2.24, 2.45) is 7.05 Å². The Morgan fingerprint density at radius 1 is 1.13 bits per heavy atom.